The molecular formula is C25H32N4O2. The first-order valence-electron chi connectivity index (χ1n) is 11.2. The minimum atomic E-state index is -0.0839. The molecule has 4 rings (SSSR count). The van der Waals surface area contributed by atoms with Gasteiger partial charge in [0.25, 0.3) is 5.56 Å². The van der Waals surface area contributed by atoms with Crippen molar-refractivity contribution in [3.63, 3.8) is 0 Å². The van der Waals surface area contributed by atoms with Gasteiger partial charge in [0.2, 0.25) is 5.91 Å². The number of aromatic nitrogens is 3. The fraction of sp³-hybridized carbons (Fsp3) is 0.440. The third kappa shape index (κ3) is 4.68. The highest BCUT2D eigenvalue weighted by Gasteiger charge is 2.29. The summed E-state index contributed by atoms with van der Waals surface area (Å²) in [5.41, 5.74) is 5.15. The average molecular weight is 421 g/mol. The second-order valence-electron chi connectivity index (χ2n) is 7.95. The minimum Gasteiger partial charge on any atom is -0.311 e. The highest BCUT2D eigenvalue weighted by Crippen LogP contribution is 2.31. The van der Waals surface area contributed by atoms with Crippen molar-refractivity contribution in [1.82, 2.24) is 14.5 Å². The van der Waals surface area contributed by atoms with Gasteiger partial charge in [-0.15, -0.1) is 0 Å². The first-order chi connectivity index (χ1) is 14.9. The molecule has 1 fully saturated rings. The number of aryl methyl sites for hydroxylation is 4. The summed E-state index contributed by atoms with van der Waals surface area (Å²) >= 11 is 0. The van der Waals surface area contributed by atoms with Gasteiger partial charge in [-0.2, -0.15) is 0 Å². The maximum absolute atomic E-state index is 13.2. The maximum atomic E-state index is 13.2. The molecule has 1 amide bonds. The zero-order valence-corrected chi connectivity index (χ0v) is 19.4. The molecule has 6 heteroatoms. The van der Waals surface area contributed by atoms with Crippen LogP contribution in [0.3, 0.4) is 0 Å². The van der Waals surface area contributed by atoms with Crippen LogP contribution in [0.25, 0.3) is 22.0 Å². The van der Waals surface area contributed by atoms with Gasteiger partial charge in [0.15, 0.2) is 0 Å². The van der Waals surface area contributed by atoms with E-state index in [0.29, 0.717) is 11.4 Å². The number of fused-ring (bicyclic) bond motifs is 1. The fourth-order valence-electron chi connectivity index (χ4n) is 3.89. The molecule has 0 bridgehead atoms. The second kappa shape index (κ2) is 9.41. The van der Waals surface area contributed by atoms with Crippen molar-refractivity contribution < 1.29 is 4.79 Å². The molecule has 0 spiro atoms. The lowest BCUT2D eigenvalue weighted by atomic mass is 9.98. The predicted molar refractivity (Wildman–Crippen MR) is 126 cm³/mol. The van der Waals surface area contributed by atoms with Gasteiger partial charge in [-0.05, 0) is 50.8 Å². The standard InChI is InChI=1S/C23H26N4O2.C2H6/c1-5-6-17-9-13(2)21(14(3)25-17)18-10-16-12-24-20(26-22(28)15-7-8-15)11-19(16)27(4)23(18)29;1-2/h9-12,15H,5-8H2,1-4H3,(H,24,26,28);1-2H3. The molecule has 1 saturated carbocycles. The molecule has 3 aromatic heterocycles. The number of carbonyl (C=O) groups is 1. The molecule has 1 aliphatic rings. The summed E-state index contributed by atoms with van der Waals surface area (Å²) in [6.45, 7) is 10.1. The summed E-state index contributed by atoms with van der Waals surface area (Å²) < 4.78 is 1.62. The number of anilines is 1. The number of rotatable bonds is 5. The Bertz CT molecular complexity index is 1150. The van der Waals surface area contributed by atoms with Gasteiger partial charge in [0.05, 0.1) is 5.52 Å². The van der Waals surface area contributed by atoms with E-state index in [9.17, 15) is 9.59 Å². The number of hydrogen-bond acceptors (Lipinski definition) is 4. The van der Waals surface area contributed by atoms with E-state index in [1.54, 1.807) is 23.9 Å². The molecule has 6 nitrogen and oxygen atoms in total. The van der Waals surface area contributed by atoms with Crippen LogP contribution in [0.2, 0.25) is 0 Å². The molecule has 0 aliphatic heterocycles. The van der Waals surface area contributed by atoms with E-state index >= 15 is 0 Å². The van der Waals surface area contributed by atoms with Crippen molar-refractivity contribution in [3.8, 4) is 11.1 Å². The van der Waals surface area contributed by atoms with Gasteiger partial charge in [-0.1, -0.05) is 27.2 Å². The lowest BCUT2D eigenvalue weighted by Gasteiger charge is -2.14. The Labute approximate surface area is 183 Å². The summed E-state index contributed by atoms with van der Waals surface area (Å²) in [7, 11) is 1.75. The van der Waals surface area contributed by atoms with E-state index in [1.165, 1.54) is 0 Å². The van der Waals surface area contributed by atoms with Crippen LogP contribution in [0.5, 0.6) is 0 Å². The van der Waals surface area contributed by atoms with Crippen LogP contribution in [0.1, 0.15) is 57.0 Å². The van der Waals surface area contributed by atoms with E-state index in [2.05, 4.69) is 23.3 Å². The zero-order chi connectivity index (χ0) is 22.7. The molecule has 1 aliphatic carbocycles. The smallest absolute Gasteiger partial charge is 0.258 e. The second-order valence-corrected chi connectivity index (χ2v) is 7.95. The monoisotopic (exact) mass is 420 g/mol. The Balaban J connectivity index is 0.00000132. The van der Waals surface area contributed by atoms with Crippen molar-refractivity contribution in [1.29, 1.82) is 0 Å². The molecule has 0 aromatic carbocycles. The normalized spacial score (nSPS) is 13.0. The van der Waals surface area contributed by atoms with Crippen molar-refractivity contribution in [2.45, 2.75) is 60.3 Å². The fourth-order valence-corrected chi connectivity index (χ4v) is 3.89. The zero-order valence-electron chi connectivity index (χ0n) is 19.4. The maximum Gasteiger partial charge on any atom is 0.258 e. The number of nitrogens with zero attached hydrogens (tertiary/aromatic N) is 3. The average Bonchev–Trinajstić information content (AvgIpc) is 3.59. The van der Waals surface area contributed by atoms with E-state index in [0.717, 1.165) is 59.1 Å². The molecule has 3 heterocycles. The van der Waals surface area contributed by atoms with E-state index in [4.69, 9.17) is 4.98 Å². The van der Waals surface area contributed by atoms with Gasteiger partial charge in [-0.3, -0.25) is 14.6 Å². The Hall–Kier alpha value is -3.02. The third-order valence-electron chi connectivity index (χ3n) is 5.53. The molecule has 1 N–H and O–H groups in total. The van der Waals surface area contributed by atoms with Crippen molar-refractivity contribution in [2.75, 3.05) is 5.32 Å². The third-order valence-corrected chi connectivity index (χ3v) is 5.53. The summed E-state index contributed by atoms with van der Waals surface area (Å²) in [5, 5.41) is 3.70. The Morgan fingerprint density at radius 3 is 2.52 bits per heavy atom. The SMILES string of the molecule is CC.CCCc1cc(C)c(-c2cc3cnc(NC(=O)C4CC4)cc3n(C)c2=O)c(C)n1. The molecule has 3 aromatic rings. The molecule has 0 atom stereocenters. The molecule has 31 heavy (non-hydrogen) atoms. The summed E-state index contributed by atoms with van der Waals surface area (Å²) in [4.78, 5) is 34.3. The van der Waals surface area contributed by atoms with Crippen LogP contribution in [0.15, 0.2) is 29.2 Å². The Kier molecular flexibility index (Phi) is 6.88. The molecular weight excluding hydrogens is 388 g/mol. The van der Waals surface area contributed by atoms with Crippen LogP contribution in [-0.2, 0) is 18.3 Å². The Morgan fingerprint density at radius 2 is 1.90 bits per heavy atom. The Morgan fingerprint density at radius 1 is 1.19 bits per heavy atom. The number of amides is 1. The van der Waals surface area contributed by atoms with E-state index in [1.807, 2.05) is 33.8 Å². The lowest BCUT2D eigenvalue weighted by Crippen LogP contribution is -2.20. The van der Waals surface area contributed by atoms with Crippen LogP contribution in [-0.4, -0.2) is 20.4 Å². The summed E-state index contributed by atoms with van der Waals surface area (Å²) in [5.74, 6) is 0.589. The quantitative estimate of drug-likeness (QED) is 0.634. The first kappa shape index (κ1) is 22.7. The molecule has 0 radical (unpaired) electrons. The van der Waals surface area contributed by atoms with Gasteiger partial charge < -0.3 is 9.88 Å². The number of hydrogen-bond donors (Lipinski definition) is 1. The van der Waals surface area contributed by atoms with Gasteiger partial charge in [0.1, 0.15) is 5.82 Å². The van der Waals surface area contributed by atoms with Crippen molar-refractivity contribution >= 4 is 22.6 Å². The van der Waals surface area contributed by atoms with Gasteiger partial charge >= 0.3 is 0 Å². The van der Waals surface area contributed by atoms with Crippen LogP contribution in [0, 0.1) is 19.8 Å². The van der Waals surface area contributed by atoms with Crippen LogP contribution in [0.4, 0.5) is 5.82 Å². The van der Waals surface area contributed by atoms with Crippen LogP contribution < -0.4 is 10.9 Å². The highest BCUT2D eigenvalue weighted by atomic mass is 16.2. The minimum absolute atomic E-state index is 0.00274. The molecule has 164 valence electrons. The summed E-state index contributed by atoms with van der Waals surface area (Å²) in [6, 6.07) is 5.72. The number of pyridine rings is 3. The highest BCUT2D eigenvalue weighted by molar-refractivity contribution is 5.95. The lowest BCUT2D eigenvalue weighted by molar-refractivity contribution is -0.117. The van der Waals surface area contributed by atoms with E-state index in [-0.39, 0.29) is 17.4 Å². The van der Waals surface area contributed by atoms with Crippen LogP contribution >= 0.6 is 0 Å². The first-order valence-corrected chi connectivity index (χ1v) is 11.2. The molecule has 0 unspecified atom stereocenters. The molecule has 0 saturated heterocycles. The van der Waals surface area contributed by atoms with E-state index < -0.39 is 0 Å². The predicted octanol–water partition coefficient (Wildman–Crippen LogP) is 4.94. The summed E-state index contributed by atoms with van der Waals surface area (Å²) in [6.07, 6.45) is 5.55. The van der Waals surface area contributed by atoms with Crippen molar-refractivity contribution in [2.24, 2.45) is 13.0 Å². The largest absolute Gasteiger partial charge is 0.311 e. The van der Waals surface area contributed by atoms with Crippen molar-refractivity contribution in [3.05, 3.63) is 51.7 Å². The van der Waals surface area contributed by atoms with Gasteiger partial charge in [-0.25, -0.2) is 4.98 Å². The number of carbonyl (C=O) groups excluding carboxylic acids is 1. The topological polar surface area (TPSA) is 76.9 Å². The number of nitrogens with one attached hydrogen (secondary N) is 1. The van der Waals surface area contributed by atoms with Gasteiger partial charge in [0, 0.05) is 53.1 Å².